The summed E-state index contributed by atoms with van der Waals surface area (Å²) in [6.45, 7) is 0. The van der Waals surface area contributed by atoms with E-state index in [2.05, 4.69) is 9.97 Å². The highest BCUT2D eigenvalue weighted by atomic mass is 35.5. The fraction of sp³-hybridized carbons (Fsp3) is 0.600. The fourth-order valence-corrected chi connectivity index (χ4v) is 3.93. The summed E-state index contributed by atoms with van der Waals surface area (Å²) in [6.07, 6.45) is -4.36. The number of aromatic nitrogens is 2. The second-order valence-electron chi connectivity index (χ2n) is 4.54. The first-order chi connectivity index (χ1) is 9.08. The number of nitrogens with zero attached hydrogens (tertiary/aromatic N) is 3. The van der Waals surface area contributed by atoms with Gasteiger partial charge in [0.25, 0.3) is 0 Å². The van der Waals surface area contributed by atoms with E-state index in [0.717, 1.165) is 0 Å². The Hall–Kier alpha value is -1.09. The molecule has 0 spiro atoms. The first-order valence-electron chi connectivity index (χ1n) is 5.63. The van der Waals surface area contributed by atoms with E-state index in [9.17, 15) is 21.6 Å². The third-order valence-corrected chi connectivity index (χ3v) is 5.00. The summed E-state index contributed by atoms with van der Waals surface area (Å²) in [5.74, 6) is -1.47. The van der Waals surface area contributed by atoms with Gasteiger partial charge in [0.05, 0.1) is 11.5 Å². The normalized spacial score (nSPS) is 21.9. The molecule has 0 aromatic carbocycles. The van der Waals surface area contributed by atoms with Gasteiger partial charge in [0.2, 0.25) is 5.82 Å². The average Bonchev–Trinajstić information content (AvgIpc) is 2.67. The highest BCUT2D eigenvalue weighted by molar-refractivity contribution is 7.91. The van der Waals surface area contributed by atoms with Crippen LogP contribution in [0.1, 0.15) is 12.2 Å². The molecule has 10 heteroatoms. The molecule has 0 saturated carbocycles. The lowest BCUT2D eigenvalue weighted by Gasteiger charge is -2.25. The molecule has 112 valence electrons. The second-order valence-corrected chi connectivity index (χ2v) is 7.15. The molecule has 1 atom stereocenters. The van der Waals surface area contributed by atoms with Crippen LogP contribution in [-0.2, 0) is 16.0 Å². The molecule has 1 aliphatic heterocycles. The maximum atomic E-state index is 12.6. The summed E-state index contributed by atoms with van der Waals surface area (Å²) < 4.78 is 60.6. The van der Waals surface area contributed by atoms with Crippen LogP contribution in [0.15, 0.2) is 6.07 Å². The lowest BCUT2D eigenvalue weighted by molar-refractivity contribution is -0.144. The van der Waals surface area contributed by atoms with Gasteiger partial charge >= 0.3 is 6.18 Å². The fourth-order valence-electron chi connectivity index (χ4n) is 1.98. The molecule has 0 aliphatic carbocycles. The molecule has 0 radical (unpaired) electrons. The summed E-state index contributed by atoms with van der Waals surface area (Å²) in [7, 11) is -1.65. The SMILES string of the molecule is CN(c1cc(Cl)nc(C(F)(F)F)n1)C1CCS(=O)(=O)C1. The predicted molar refractivity (Wildman–Crippen MR) is 67.5 cm³/mol. The molecule has 0 N–H and O–H groups in total. The van der Waals surface area contributed by atoms with Crippen LogP contribution in [0.5, 0.6) is 0 Å². The van der Waals surface area contributed by atoms with Crippen LogP contribution in [0.3, 0.4) is 0 Å². The summed E-state index contributed by atoms with van der Waals surface area (Å²) in [6, 6.07) is 0.772. The van der Waals surface area contributed by atoms with Gasteiger partial charge in [0, 0.05) is 19.2 Å². The number of hydrogen-bond acceptors (Lipinski definition) is 5. The molecule has 5 nitrogen and oxygen atoms in total. The Morgan fingerprint density at radius 3 is 2.55 bits per heavy atom. The molecule has 1 fully saturated rings. The summed E-state index contributed by atoms with van der Waals surface area (Å²) >= 11 is 5.57. The van der Waals surface area contributed by atoms with Crippen LogP contribution in [0.25, 0.3) is 0 Å². The van der Waals surface area contributed by atoms with Crippen molar-refractivity contribution >= 4 is 27.3 Å². The van der Waals surface area contributed by atoms with Crippen LogP contribution in [0.4, 0.5) is 19.0 Å². The average molecular weight is 330 g/mol. The van der Waals surface area contributed by atoms with Crippen molar-refractivity contribution in [3.8, 4) is 0 Å². The molecule has 0 amide bonds. The first-order valence-corrected chi connectivity index (χ1v) is 7.83. The molecular weight excluding hydrogens is 319 g/mol. The maximum Gasteiger partial charge on any atom is 0.451 e. The number of rotatable bonds is 2. The summed E-state index contributed by atoms with van der Waals surface area (Å²) in [5.41, 5.74) is 0. The molecule has 20 heavy (non-hydrogen) atoms. The van der Waals surface area contributed by atoms with Gasteiger partial charge in [-0.15, -0.1) is 0 Å². The Bertz CT molecular complexity index is 621. The van der Waals surface area contributed by atoms with E-state index in [0.29, 0.717) is 6.42 Å². The quantitative estimate of drug-likeness (QED) is 0.774. The molecule has 1 saturated heterocycles. The Morgan fingerprint density at radius 1 is 1.40 bits per heavy atom. The van der Waals surface area contributed by atoms with Crippen LogP contribution in [0.2, 0.25) is 5.15 Å². The lowest BCUT2D eigenvalue weighted by Crippen LogP contribution is -2.33. The van der Waals surface area contributed by atoms with Gasteiger partial charge in [-0.05, 0) is 6.42 Å². The van der Waals surface area contributed by atoms with E-state index in [-0.39, 0.29) is 22.5 Å². The zero-order valence-corrected chi connectivity index (χ0v) is 11.9. The largest absolute Gasteiger partial charge is 0.451 e. The monoisotopic (exact) mass is 329 g/mol. The number of anilines is 1. The van der Waals surface area contributed by atoms with Crippen LogP contribution in [0, 0.1) is 0 Å². The Morgan fingerprint density at radius 2 is 2.05 bits per heavy atom. The third-order valence-electron chi connectivity index (χ3n) is 3.05. The van der Waals surface area contributed by atoms with Gasteiger partial charge in [0.1, 0.15) is 11.0 Å². The van der Waals surface area contributed by atoms with Crippen LogP contribution in [-0.4, -0.2) is 43.0 Å². The van der Waals surface area contributed by atoms with Gasteiger partial charge < -0.3 is 4.90 Å². The van der Waals surface area contributed by atoms with Gasteiger partial charge in [-0.1, -0.05) is 11.6 Å². The van der Waals surface area contributed by atoms with Crippen LogP contribution < -0.4 is 4.90 Å². The van der Waals surface area contributed by atoms with Crippen molar-refractivity contribution < 1.29 is 21.6 Å². The van der Waals surface area contributed by atoms with Gasteiger partial charge in [-0.2, -0.15) is 13.2 Å². The zero-order valence-electron chi connectivity index (χ0n) is 10.4. The van der Waals surface area contributed by atoms with Crippen molar-refractivity contribution in [1.29, 1.82) is 0 Å². The number of hydrogen-bond donors (Lipinski definition) is 0. The molecule has 2 rings (SSSR count). The minimum Gasteiger partial charge on any atom is -0.355 e. The molecule has 1 aliphatic rings. The van der Waals surface area contributed by atoms with Gasteiger partial charge in [0.15, 0.2) is 9.84 Å². The molecule has 1 unspecified atom stereocenters. The number of halogens is 4. The summed E-state index contributed by atoms with van der Waals surface area (Å²) in [4.78, 5) is 7.93. The van der Waals surface area contributed by atoms with E-state index in [1.54, 1.807) is 0 Å². The van der Waals surface area contributed by atoms with Crippen molar-refractivity contribution in [3.05, 3.63) is 17.0 Å². The topological polar surface area (TPSA) is 63.2 Å². The van der Waals surface area contributed by atoms with E-state index >= 15 is 0 Å². The number of alkyl halides is 3. The Kier molecular flexibility index (Phi) is 3.85. The van der Waals surface area contributed by atoms with Crippen molar-refractivity contribution in [2.75, 3.05) is 23.5 Å². The van der Waals surface area contributed by atoms with Crippen molar-refractivity contribution in [2.45, 2.75) is 18.6 Å². The smallest absolute Gasteiger partial charge is 0.355 e. The first kappa shape index (κ1) is 15.3. The van der Waals surface area contributed by atoms with E-state index in [4.69, 9.17) is 11.6 Å². The lowest BCUT2D eigenvalue weighted by atomic mass is 10.2. The highest BCUT2D eigenvalue weighted by Crippen LogP contribution is 2.30. The zero-order chi connectivity index (χ0) is 15.1. The summed E-state index contributed by atoms with van der Waals surface area (Å²) in [5, 5.41) is -0.338. The third kappa shape index (κ3) is 3.32. The van der Waals surface area contributed by atoms with E-state index in [1.165, 1.54) is 18.0 Å². The number of sulfone groups is 1. The maximum absolute atomic E-state index is 12.6. The van der Waals surface area contributed by atoms with Crippen molar-refractivity contribution in [2.24, 2.45) is 0 Å². The predicted octanol–water partition coefficient (Wildman–Crippen LogP) is 1.77. The second kappa shape index (κ2) is 5.03. The molecule has 1 aromatic rings. The Balaban J connectivity index is 2.31. The van der Waals surface area contributed by atoms with Crippen molar-refractivity contribution in [1.82, 2.24) is 9.97 Å². The minimum atomic E-state index is -4.71. The van der Waals surface area contributed by atoms with E-state index < -0.39 is 27.9 Å². The van der Waals surface area contributed by atoms with Crippen molar-refractivity contribution in [3.63, 3.8) is 0 Å². The molecule has 0 bridgehead atoms. The van der Waals surface area contributed by atoms with Crippen LogP contribution >= 0.6 is 11.6 Å². The molecule has 1 aromatic heterocycles. The minimum absolute atomic E-state index is 0.0208. The van der Waals surface area contributed by atoms with Gasteiger partial charge in [-0.3, -0.25) is 0 Å². The van der Waals surface area contributed by atoms with E-state index in [1.807, 2.05) is 0 Å². The van der Waals surface area contributed by atoms with Gasteiger partial charge in [-0.25, -0.2) is 18.4 Å². The molecule has 2 heterocycles. The Labute approximate surface area is 118 Å². The molecular formula is C10H11ClF3N3O2S. The highest BCUT2D eigenvalue weighted by Gasteiger charge is 2.37. The standard InChI is InChI=1S/C10H11ClF3N3O2S/c1-17(6-2-3-20(18,19)5-6)8-4-7(11)15-9(16-8)10(12,13)14/h4,6H,2-3,5H2,1H3.